The molecule has 0 aliphatic heterocycles. The van der Waals surface area contributed by atoms with Gasteiger partial charge in [-0.25, -0.2) is 36.3 Å². The van der Waals surface area contributed by atoms with E-state index in [4.69, 9.17) is 0 Å². The van der Waals surface area contributed by atoms with Crippen LogP contribution in [0.3, 0.4) is 0 Å². The van der Waals surface area contributed by atoms with Gasteiger partial charge in [-0.3, -0.25) is 0 Å². The summed E-state index contributed by atoms with van der Waals surface area (Å²) in [5.41, 5.74) is 7.65. The van der Waals surface area contributed by atoms with E-state index in [1.54, 1.807) is 92.0 Å². The molecular weight excluding hydrogens is 1670 g/mol. The largest absolute Gasteiger partial charge is 0.419 e. The Kier molecular flexibility index (Phi) is 23.4. The van der Waals surface area contributed by atoms with Crippen LogP contribution in [0.15, 0.2) is 194 Å². The normalized spacial score (nSPS) is 26.5. The number of aliphatic hydroxyl groups excluding tert-OH is 1. The summed E-state index contributed by atoms with van der Waals surface area (Å²) in [7, 11) is 0. The van der Waals surface area contributed by atoms with Crippen LogP contribution >= 0.6 is 0 Å². The minimum Gasteiger partial charge on any atom is -0.390 e. The Morgan fingerprint density at radius 1 is 0.370 bits per heavy atom. The Labute approximate surface area is 724 Å². The Morgan fingerprint density at radius 2 is 0.717 bits per heavy atom. The zero-order valence-electron chi connectivity index (χ0n) is 70.9. The quantitative estimate of drug-likeness (QED) is 0.102. The van der Waals surface area contributed by atoms with E-state index in [0.29, 0.717) is 57.1 Å². The van der Waals surface area contributed by atoms with Crippen molar-refractivity contribution in [2.24, 2.45) is 23.7 Å². The van der Waals surface area contributed by atoms with Crippen molar-refractivity contribution in [3.8, 4) is 22.7 Å². The van der Waals surface area contributed by atoms with Gasteiger partial charge < -0.3 is 15.3 Å². The summed E-state index contributed by atoms with van der Waals surface area (Å²) < 4.78 is 223. The molecule has 8 aromatic carbocycles. The molecule has 0 saturated heterocycles. The van der Waals surface area contributed by atoms with E-state index in [0.717, 1.165) is 154 Å². The highest BCUT2D eigenvalue weighted by Gasteiger charge is 2.66. The molecule has 8 aliphatic rings. The molecule has 0 bridgehead atoms. The number of halogens is 16. The van der Waals surface area contributed by atoms with Crippen LogP contribution in [0.25, 0.3) is 66.4 Å². The smallest absolute Gasteiger partial charge is 0.390 e. The van der Waals surface area contributed by atoms with E-state index >= 15 is 0 Å². The van der Waals surface area contributed by atoms with Crippen LogP contribution in [0.4, 0.5) is 70.2 Å². The number of alkyl halides is 12. The van der Waals surface area contributed by atoms with Gasteiger partial charge in [0.1, 0.15) is 23.3 Å². The lowest BCUT2D eigenvalue weighted by atomic mass is 9.55. The van der Waals surface area contributed by atoms with Crippen molar-refractivity contribution in [3.05, 3.63) is 261 Å². The van der Waals surface area contributed by atoms with Gasteiger partial charge in [0.25, 0.3) is 0 Å². The SMILES string of the molecule is CC[C@@]12CC=C(C(F)(F)F)C[C@@H]1CCCc1cc3c(cnn3-c3ccc(F)cc3)cc12.CC[C@@]12CCC(C(F)(F)F)=C[C@@H]1CCCc1cc3c(cnn3-c3ccc(F)cc3)cc12.CC[C@@]12CC[C@@](O)(C(F)(F)F)C[C@@H]1CCCc1cc3c(cnn3-c3ccc(F)cc3)cc12.CC[C@@]12C[C@@H](O)[C@](O)(C(F)(F)F)C[C@@H]1CCCc1cc3c(cnn3-c3ccc(F)cc3)cc12. The molecule has 0 spiro atoms. The van der Waals surface area contributed by atoms with Gasteiger partial charge in [-0.15, -0.1) is 0 Å². The molecule has 27 heteroatoms. The Morgan fingerprint density at radius 3 is 1.08 bits per heavy atom. The number of allylic oxidation sites excluding steroid dienone is 4. The number of benzene rings is 8. The molecule has 670 valence electrons. The van der Waals surface area contributed by atoms with Crippen LogP contribution in [-0.4, -0.2) is 96.5 Å². The third kappa shape index (κ3) is 15.9. The molecular formula is C100H100F16N8O3. The van der Waals surface area contributed by atoms with Crippen LogP contribution in [0.5, 0.6) is 0 Å². The second kappa shape index (κ2) is 33.4. The number of fused-ring (bicyclic) bond motifs is 16. The maximum absolute atomic E-state index is 13.7. The predicted molar refractivity (Wildman–Crippen MR) is 456 cm³/mol. The van der Waals surface area contributed by atoms with Gasteiger partial charge in [-0.1, -0.05) is 39.8 Å². The second-order valence-electron chi connectivity index (χ2n) is 36.6. The highest BCUT2D eigenvalue weighted by atomic mass is 19.4. The molecule has 11 atom stereocenters. The molecule has 8 aliphatic carbocycles. The van der Waals surface area contributed by atoms with Crippen molar-refractivity contribution in [3.63, 3.8) is 0 Å². The molecule has 11 nitrogen and oxygen atoms in total. The van der Waals surface area contributed by atoms with Crippen molar-refractivity contribution >= 4 is 43.6 Å². The van der Waals surface area contributed by atoms with E-state index in [-0.39, 0.29) is 101 Å². The highest BCUT2D eigenvalue weighted by molar-refractivity contribution is 5.86. The van der Waals surface area contributed by atoms with E-state index < -0.39 is 59.8 Å². The molecule has 12 aromatic rings. The summed E-state index contributed by atoms with van der Waals surface area (Å²) in [5.74, 6) is -1.98. The van der Waals surface area contributed by atoms with Crippen LogP contribution in [0.2, 0.25) is 0 Å². The number of nitrogens with zero attached hydrogens (tertiary/aromatic N) is 8. The third-order valence-electron chi connectivity index (χ3n) is 30.5. The zero-order valence-corrected chi connectivity index (χ0v) is 70.9. The fourth-order valence-electron chi connectivity index (χ4n) is 23.6. The molecule has 4 aromatic heterocycles. The van der Waals surface area contributed by atoms with Gasteiger partial charge in [0.2, 0.25) is 0 Å². The third-order valence-corrected chi connectivity index (χ3v) is 30.5. The first-order valence-corrected chi connectivity index (χ1v) is 44.3. The summed E-state index contributed by atoms with van der Waals surface area (Å²) in [6, 6.07) is 41.4. The first kappa shape index (κ1) is 88.9. The van der Waals surface area contributed by atoms with Gasteiger partial charge >= 0.3 is 24.7 Å². The fourth-order valence-corrected chi connectivity index (χ4v) is 23.6. The number of aliphatic hydroxyl groups is 3. The molecule has 2 fully saturated rings. The van der Waals surface area contributed by atoms with Gasteiger partial charge in [0.05, 0.1) is 75.7 Å². The van der Waals surface area contributed by atoms with E-state index in [2.05, 4.69) is 70.6 Å². The summed E-state index contributed by atoms with van der Waals surface area (Å²) in [6.45, 7) is 8.19. The molecule has 0 radical (unpaired) electrons. The summed E-state index contributed by atoms with van der Waals surface area (Å²) in [5, 5.41) is 53.2. The predicted octanol–water partition coefficient (Wildman–Crippen LogP) is 25.6. The van der Waals surface area contributed by atoms with Crippen molar-refractivity contribution in [2.75, 3.05) is 0 Å². The molecule has 0 unspecified atom stereocenters. The lowest BCUT2D eigenvalue weighted by molar-refractivity contribution is -0.310. The number of rotatable bonds is 8. The highest BCUT2D eigenvalue weighted by Crippen LogP contribution is 2.61. The minimum absolute atomic E-state index is 0.00929. The van der Waals surface area contributed by atoms with E-state index in [1.165, 1.54) is 82.9 Å². The zero-order chi connectivity index (χ0) is 89.9. The maximum Gasteiger partial charge on any atom is 0.419 e. The maximum atomic E-state index is 13.7. The van der Waals surface area contributed by atoms with Gasteiger partial charge in [-0.05, 0) is 380 Å². The standard InChI is InChI=1S/C25H26F4N2O2.C25H26F4N2O.2C25H24F4N2/c1-2-23-13-22(32)24(33,25(27,28)29)12-17(23)5-3-4-15-11-21-16(10-20(15)23)14-30-31(21)19-8-6-18(26)7-9-19;1-2-23-10-11-24(32,25(27,28)29)14-18(23)5-3-4-16-13-22-17(12-21(16)23)15-30-31(22)20-8-6-19(26)7-9-20;2*1-2-24-11-10-19(25(27,28)29)14-18(24)5-3-4-16-13-23-17(12-22(16)24)15-30-31(23)21-8-6-20(26)7-9-21/h6-11,14,17,22,32-33H,2-5,12-13H2,1H3;6-9,12-13,15,18,32H,2-5,10-11,14H2,1H3;6-9,12-15,18H,2-5,10-11H2,1H3;6-10,12-13,15,18H,2-5,11,14H2,1H3/t17-,22+,23+,24-;18-,23+,24-;2*18-,24+/m0000/s1. The summed E-state index contributed by atoms with van der Waals surface area (Å²) >= 11 is 0. The first-order chi connectivity index (χ1) is 60.4. The molecule has 4 heterocycles. The summed E-state index contributed by atoms with van der Waals surface area (Å²) in [4.78, 5) is 0. The van der Waals surface area contributed by atoms with Gasteiger partial charge in [-0.2, -0.15) is 73.1 Å². The van der Waals surface area contributed by atoms with Crippen LogP contribution in [-0.2, 0) is 47.3 Å². The number of aromatic nitrogens is 8. The minimum atomic E-state index is -4.89. The Bertz CT molecular complexity index is 6020. The fraction of sp³-hybridized carbons (Fsp3) is 0.440. The van der Waals surface area contributed by atoms with Crippen LogP contribution < -0.4 is 0 Å². The lowest BCUT2D eigenvalue weighted by Crippen LogP contribution is -2.62. The molecule has 20 rings (SSSR count). The number of aryl methyl sites for hydroxylation is 4. The van der Waals surface area contributed by atoms with Crippen molar-refractivity contribution in [1.29, 1.82) is 0 Å². The average Bonchev–Trinajstić information content (AvgIpc) is 1.74. The Hall–Kier alpha value is -10.1. The van der Waals surface area contributed by atoms with Crippen LogP contribution in [0.1, 0.15) is 207 Å². The van der Waals surface area contributed by atoms with Gasteiger partial charge in [0, 0.05) is 48.9 Å². The van der Waals surface area contributed by atoms with Crippen molar-refractivity contribution in [1.82, 2.24) is 39.1 Å². The molecule has 2 saturated carbocycles. The Balaban J connectivity index is 0.000000119. The number of hydrogen-bond donors (Lipinski definition) is 3. The van der Waals surface area contributed by atoms with Crippen molar-refractivity contribution in [2.45, 2.75) is 252 Å². The van der Waals surface area contributed by atoms with Crippen LogP contribution in [0, 0.1) is 46.9 Å². The second-order valence-corrected chi connectivity index (χ2v) is 36.6. The average molecular weight is 1770 g/mol. The lowest BCUT2D eigenvalue weighted by Gasteiger charge is -2.52. The van der Waals surface area contributed by atoms with Crippen molar-refractivity contribution < 1.29 is 85.6 Å². The van der Waals surface area contributed by atoms with Gasteiger partial charge in [0.15, 0.2) is 11.2 Å². The monoisotopic (exact) mass is 1760 g/mol. The molecule has 0 amide bonds. The van der Waals surface area contributed by atoms with E-state index in [1.807, 2.05) is 26.0 Å². The molecule has 127 heavy (non-hydrogen) atoms. The van der Waals surface area contributed by atoms with E-state index in [9.17, 15) is 85.6 Å². The first-order valence-electron chi connectivity index (χ1n) is 44.3. The topological polar surface area (TPSA) is 132 Å². The molecule has 3 N–H and O–H groups in total. The number of hydrogen-bond acceptors (Lipinski definition) is 7. The summed E-state index contributed by atoms with van der Waals surface area (Å²) in [6.07, 6.45) is 2.48.